The number of aromatic nitrogens is 1. The molecule has 5 rings (SSSR count). The molecule has 0 saturated heterocycles. The van der Waals surface area contributed by atoms with Gasteiger partial charge in [0, 0.05) is 41.8 Å². The van der Waals surface area contributed by atoms with Crippen LogP contribution in [0.15, 0.2) is 85.2 Å². The van der Waals surface area contributed by atoms with E-state index in [9.17, 15) is 4.79 Å². The van der Waals surface area contributed by atoms with Crippen molar-refractivity contribution in [3.05, 3.63) is 102 Å². The normalized spacial score (nSPS) is 13.3. The van der Waals surface area contributed by atoms with Crippen molar-refractivity contribution in [3.8, 4) is 28.4 Å². The van der Waals surface area contributed by atoms with Crippen molar-refractivity contribution < 1.29 is 19.0 Å². The van der Waals surface area contributed by atoms with E-state index in [1.807, 2.05) is 36.4 Å². The lowest BCUT2D eigenvalue weighted by Crippen LogP contribution is -2.32. The lowest BCUT2D eigenvalue weighted by Gasteiger charge is -2.33. The van der Waals surface area contributed by atoms with Gasteiger partial charge in [0.2, 0.25) is 0 Å². The Morgan fingerprint density at radius 1 is 0.951 bits per heavy atom. The molecule has 2 heterocycles. The van der Waals surface area contributed by atoms with E-state index in [1.54, 1.807) is 44.8 Å². The molecule has 0 amide bonds. The first-order valence-corrected chi connectivity index (χ1v) is 13.6. The first kappa shape index (κ1) is 27.8. The average molecular weight is 550 g/mol. The highest BCUT2D eigenvalue weighted by Gasteiger charge is 2.27. The third-order valence-electron chi connectivity index (χ3n) is 7.07. The highest BCUT2D eigenvalue weighted by molar-refractivity contribution is 5.89. The van der Waals surface area contributed by atoms with Crippen LogP contribution in [-0.4, -0.2) is 30.7 Å². The number of hydrogen-bond donors (Lipinski definition) is 2. The zero-order valence-electron chi connectivity index (χ0n) is 24.1. The predicted octanol–water partition coefficient (Wildman–Crippen LogP) is 7.13. The number of methoxy groups -OCH3 is 2. The maximum atomic E-state index is 12.6. The molecule has 0 saturated carbocycles. The average Bonchev–Trinajstić information content (AvgIpc) is 2.95. The minimum Gasteiger partial charge on any atom is -0.496 e. The minimum absolute atomic E-state index is 0.135. The third kappa shape index (κ3) is 6.19. The Hall–Kier alpha value is -4.78. The van der Waals surface area contributed by atoms with Gasteiger partial charge in [-0.1, -0.05) is 30.3 Å². The summed E-state index contributed by atoms with van der Waals surface area (Å²) in [4.78, 5) is 16.7. The molecule has 1 aromatic heterocycles. The molecule has 4 aromatic rings. The molecule has 0 spiro atoms. The number of allylic oxidation sites excluding steroid dienone is 1. The Labute approximate surface area is 241 Å². The number of carbonyl (C=O) groups excluding carboxylic acids is 1. The summed E-state index contributed by atoms with van der Waals surface area (Å²) in [7, 11) is 3.30. The van der Waals surface area contributed by atoms with E-state index in [0.717, 1.165) is 44.9 Å². The van der Waals surface area contributed by atoms with Gasteiger partial charge in [0.25, 0.3) is 0 Å². The summed E-state index contributed by atoms with van der Waals surface area (Å²) in [5.74, 6) is 1.45. The summed E-state index contributed by atoms with van der Waals surface area (Å²) in [5.41, 5.74) is 8.00. The van der Waals surface area contributed by atoms with Crippen LogP contribution < -0.4 is 24.8 Å². The second kappa shape index (κ2) is 11.8. The van der Waals surface area contributed by atoms with Gasteiger partial charge in [0.05, 0.1) is 31.9 Å². The number of rotatable bonds is 9. The zero-order valence-corrected chi connectivity index (χ0v) is 24.1. The van der Waals surface area contributed by atoms with Gasteiger partial charge in [-0.05, 0) is 79.4 Å². The zero-order chi connectivity index (χ0) is 29.0. The summed E-state index contributed by atoms with van der Waals surface area (Å²) >= 11 is 0. The molecule has 0 radical (unpaired) electrons. The predicted molar refractivity (Wildman–Crippen MR) is 164 cm³/mol. The molecular formula is C34H35N3O4. The number of hydrogen-bond acceptors (Lipinski definition) is 7. The lowest BCUT2D eigenvalue weighted by molar-refractivity contribution is -0.133. The van der Waals surface area contributed by atoms with Crippen LogP contribution in [-0.2, 0) is 17.8 Å². The summed E-state index contributed by atoms with van der Waals surface area (Å²) < 4.78 is 17.1. The van der Waals surface area contributed by atoms with Crippen molar-refractivity contribution in [2.45, 2.75) is 39.3 Å². The maximum absolute atomic E-state index is 12.6. The van der Waals surface area contributed by atoms with Gasteiger partial charge >= 0.3 is 5.97 Å². The first-order chi connectivity index (χ1) is 19.8. The molecule has 2 N–H and O–H groups in total. The second-order valence-electron chi connectivity index (χ2n) is 10.6. The van der Waals surface area contributed by atoms with Crippen LogP contribution >= 0.6 is 0 Å². The summed E-state index contributed by atoms with van der Waals surface area (Å²) in [6, 6.07) is 21.3. The van der Waals surface area contributed by atoms with Gasteiger partial charge < -0.3 is 24.8 Å². The SMILES string of the molecule is COc1ccccc1NCc1c(-c2ccc(OC(=O)Cc3cccnc3)cc2OC)ccc2c1C(C)=CC(C)(C)N2. The number of nitrogens with one attached hydrogen (secondary N) is 2. The molecule has 1 aliphatic rings. The van der Waals surface area contributed by atoms with Gasteiger partial charge in [-0.3, -0.25) is 9.78 Å². The number of anilines is 2. The Bertz CT molecular complexity index is 1600. The molecule has 0 atom stereocenters. The van der Waals surface area contributed by atoms with Crippen LogP contribution in [0.4, 0.5) is 11.4 Å². The highest BCUT2D eigenvalue weighted by atomic mass is 16.5. The highest BCUT2D eigenvalue weighted by Crippen LogP contribution is 2.43. The van der Waals surface area contributed by atoms with E-state index in [0.29, 0.717) is 18.0 Å². The number of esters is 1. The number of fused-ring (bicyclic) bond motifs is 1. The summed E-state index contributed by atoms with van der Waals surface area (Å²) in [6.45, 7) is 7.03. The fraction of sp³-hybridized carbons (Fsp3) is 0.235. The van der Waals surface area contributed by atoms with E-state index in [4.69, 9.17) is 14.2 Å². The Morgan fingerprint density at radius 2 is 1.73 bits per heavy atom. The monoisotopic (exact) mass is 549 g/mol. The largest absolute Gasteiger partial charge is 0.496 e. The smallest absolute Gasteiger partial charge is 0.315 e. The van der Waals surface area contributed by atoms with Crippen LogP contribution in [0.2, 0.25) is 0 Å². The van der Waals surface area contributed by atoms with E-state index in [2.05, 4.69) is 54.6 Å². The molecule has 7 nitrogen and oxygen atoms in total. The van der Waals surface area contributed by atoms with Gasteiger partial charge in [-0.2, -0.15) is 0 Å². The quantitative estimate of drug-likeness (QED) is 0.170. The molecule has 0 unspecified atom stereocenters. The van der Waals surface area contributed by atoms with Crippen LogP contribution in [0.3, 0.4) is 0 Å². The van der Waals surface area contributed by atoms with Crippen LogP contribution in [0.5, 0.6) is 17.2 Å². The van der Waals surface area contributed by atoms with E-state index < -0.39 is 0 Å². The molecule has 41 heavy (non-hydrogen) atoms. The topological polar surface area (TPSA) is 81.7 Å². The molecule has 3 aromatic carbocycles. The molecule has 0 aliphatic carbocycles. The van der Waals surface area contributed by atoms with Crippen molar-refractivity contribution in [1.29, 1.82) is 0 Å². The Balaban J connectivity index is 1.52. The minimum atomic E-state index is -0.363. The van der Waals surface area contributed by atoms with Crippen molar-refractivity contribution in [3.63, 3.8) is 0 Å². The number of pyridine rings is 1. The van der Waals surface area contributed by atoms with Crippen LogP contribution in [0.25, 0.3) is 16.7 Å². The number of para-hydroxylation sites is 2. The Kier molecular flexibility index (Phi) is 7.97. The van der Waals surface area contributed by atoms with Crippen LogP contribution in [0, 0.1) is 0 Å². The number of carbonyl (C=O) groups is 1. The molecule has 1 aliphatic heterocycles. The lowest BCUT2D eigenvalue weighted by atomic mass is 9.85. The standard InChI is InChI=1S/C34H35N3O4/c1-22-19-34(2,3)37-29-15-14-25(27(33(22)29)21-36-28-10-6-7-11-30(28)39-4)26-13-12-24(18-31(26)40-5)41-32(38)17-23-9-8-16-35-20-23/h6-16,18-20,36-37H,17,21H2,1-5H3. The van der Waals surface area contributed by atoms with Crippen LogP contribution in [0.1, 0.15) is 37.5 Å². The fourth-order valence-electron chi connectivity index (χ4n) is 5.40. The van der Waals surface area contributed by atoms with Crippen molar-refractivity contribution >= 4 is 22.9 Å². The fourth-order valence-corrected chi connectivity index (χ4v) is 5.40. The van der Waals surface area contributed by atoms with Gasteiger partial charge in [0.1, 0.15) is 17.2 Å². The van der Waals surface area contributed by atoms with Crippen molar-refractivity contribution in [1.82, 2.24) is 4.98 Å². The number of nitrogens with zero attached hydrogens (tertiary/aromatic N) is 1. The molecule has 0 fully saturated rings. The first-order valence-electron chi connectivity index (χ1n) is 13.6. The second-order valence-corrected chi connectivity index (χ2v) is 10.6. The van der Waals surface area contributed by atoms with E-state index in [1.165, 1.54) is 5.57 Å². The number of ether oxygens (including phenoxy) is 3. The summed E-state index contributed by atoms with van der Waals surface area (Å²) in [5, 5.41) is 7.25. The molecule has 210 valence electrons. The van der Waals surface area contributed by atoms with Crippen molar-refractivity contribution in [2.75, 3.05) is 24.9 Å². The van der Waals surface area contributed by atoms with Gasteiger partial charge in [-0.25, -0.2) is 0 Å². The van der Waals surface area contributed by atoms with Crippen molar-refractivity contribution in [2.24, 2.45) is 0 Å². The maximum Gasteiger partial charge on any atom is 0.315 e. The van der Waals surface area contributed by atoms with Gasteiger partial charge in [0.15, 0.2) is 0 Å². The molecule has 7 heteroatoms. The van der Waals surface area contributed by atoms with E-state index in [-0.39, 0.29) is 17.9 Å². The Morgan fingerprint density at radius 3 is 2.49 bits per heavy atom. The third-order valence-corrected chi connectivity index (χ3v) is 7.07. The van der Waals surface area contributed by atoms with E-state index >= 15 is 0 Å². The summed E-state index contributed by atoms with van der Waals surface area (Å²) in [6.07, 6.45) is 5.73. The molecular weight excluding hydrogens is 514 g/mol. The number of benzene rings is 3. The van der Waals surface area contributed by atoms with Gasteiger partial charge in [-0.15, -0.1) is 0 Å². The molecule has 0 bridgehead atoms.